The fourth-order valence-electron chi connectivity index (χ4n) is 2.55. The molecule has 0 amide bonds. The molecule has 1 fully saturated rings. The Hall–Kier alpha value is -1.75. The molecule has 19 heavy (non-hydrogen) atoms. The molecule has 0 unspecified atom stereocenters. The summed E-state index contributed by atoms with van der Waals surface area (Å²) in [5, 5.41) is 7.45. The van der Waals surface area contributed by atoms with Gasteiger partial charge in [-0.25, -0.2) is 0 Å². The van der Waals surface area contributed by atoms with Crippen LogP contribution in [0.25, 0.3) is 11.5 Å². The third kappa shape index (κ3) is 2.26. The Morgan fingerprint density at radius 3 is 3.05 bits per heavy atom. The summed E-state index contributed by atoms with van der Waals surface area (Å²) in [7, 11) is 0. The zero-order valence-corrected chi connectivity index (χ0v) is 11.3. The van der Waals surface area contributed by atoms with Crippen LogP contribution in [-0.4, -0.2) is 28.2 Å². The standard InChI is InChI=1S/C14H18N4O/c1-3-10-5-4-6-16-12(10)13-17-14(19-18-13)11-8-15-7-9(11)2/h4-6,9,11,15H,3,7-8H2,1-2H3/t9-,11-/m1/s1. The van der Waals surface area contributed by atoms with Gasteiger partial charge in [0.05, 0.1) is 5.92 Å². The first-order valence-electron chi connectivity index (χ1n) is 6.78. The molecule has 100 valence electrons. The highest BCUT2D eigenvalue weighted by Gasteiger charge is 2.30. The highest BCUT2D eigenvalue weighted by molar-refractivity contribution is 5.53. The number of nitrogens with one attached hydrogen (secondary N) is 1. The minimum absolute atomic E-state index is 0.315. The van der Waals surface area contributed by atoms with Crippen molar-refractivity contribution in [2.24, 2.45) is 5.92 Å². The lowest BCUT2D eigenvalue weighted by Gasteiger charge is -2.07. The molecule has 3 rings (SSSR count). The van der Waals surface area contributed by atoms with E-state index < -0.39 is 0 Å². The third-order valence-corrected chi connectivity index (χ3v) is 3.76. The fourth-order valence-corrected chi connectivity index (χ4v) is 2.55. The van der Waals surface area contributed by atoms with E-state index in [-0.39, 0.29) is 0 Å². The van der Waals surface area contributed by atoms with Gasteiger partial charge in [-0.05, 0) is 30.5 Å². The summed E-state index contributed by atoms with van der Waals surface area (Å²) in [6.45, 7) is 6.22. The second kappa shape index (κ2) is 5.09. The summed E-state index contributed by atoms with van der Waals surface area (Å²) in [6, 6.07) is 3.99. The molecule has 2 atom stereocenters. The van der Waals surface area contributed by atoms with E-state index in [1.165, 1.54) is 0 Å². The molecule has 5 nitrogen and oxygen atoms in total. The predicted octanol–water partition coefficient (Wildman–Crippen LogP) is 2.02. The largest absolute Gasteiger partial charge is 0.339 e. The van der Waals surface area contributed by atoms with Crippen molar-refractivity contribution in [1.82, 2.24) is 20.4 Å². The van der Waals surface area contributed by atoms with Crippen LogP contribution in [0.5, 0.6) is 0 Å². The van der Waals surface area contributed by atoms with Crippen molar-refractivity contribution in [2.75, 3.05) is 13.1 Å². The van der Waals surface area contributed by atoms with Gasteiger partial charge in [0.25, 0.3) is 0 Å². The van der Waals surface area contributed by atoms with Gasteiger partial charge < -0.3 is 9.84 Å². The van der Waals surface area contributed by atoms with Crippen LogP contribution in [0.2, 0.25) is 0 Å². The monoisotopic (exact) mass is 258 g/mol. The third-order valence-electron chi connectivity index (χ3n) is 3.76. The van der Waals surface area contributed by atoms with Gasteiger partial charge in [0.2, 0.25) is 11.7 Å². The van der Waals surface area contributed by atoms with Crippen molar-refractivity contribution in [1.29, 1.82) is 0 Å². The number of aryl methyl sites for hydroxylation is 1. The Morgan fingerprint density at radius 1 is 1.42 bits per heavy atom. The highest BCUT2D eigenvalue weighted by Crippen LogP contribution is 2.28. The summed E-state index contributed by atoms with van der Waals surface area (Å²) in [6.07, 6.45) is 2.68. The molecule has 1 aliphatic rings. The van der Waals surface area contributed by atoms with E-state index in [1.54, 1.807) is 6.20 Å². The van der Waals surface area contributed by atoms with Gasteiger partial charge in [-0.15, -0.1) is 0 Å². The van der Waals surface area contributed by atoms with Gasteiger partial charge >= 0.3 is 0 Å². The molecule has 0 spiro atoms. The summed E-state index contributed by atoms with van der Waals surface area (Å²) in [5.74, 6) is 2.17. The summed E-state index contributed by atoms with van der Waals surface area (Å²) >= 11 is 0. The van der Waals surface area contributed by atoms with Crippen molar-refractivity contribution < 1.29 is 4.52 Å². The van der Waals surface area contributed by atoms with Gasteiger partial charge in [-0.2, -0.15) is 4.98 Å². The molecule has 3 heterocycles. The average Bonchev–Trinajstić information content (AvgIpc) is 3.07. The van der Waals surface area contributed by atoms with Crippen LogP contribution in [0, 0.1) is 5.92 Å². The zero-order valence-electron chi connectivity index (χ0n) is 11.3. The van der Waals surface area contributed by atoms with Gasteiger partial charge in [0.1, 0.15) is 5.69 Å². The number of rotatable bonds is 3. The van der Waals surface area contributed by atoms with Crippen LogP contribution in [0.15, 0.2) is 22.9 Å². The van der Waals surface area contributed by atoms with Gasteiger partial charge in [-0.3, -0.25) is 4.98 Å². The van der Waals surface area contributed by atoms with Crippen LogP contribution >= 0.6 is 0 Å². The van der Waals surface area contributed by atoms with E-state index in [0.29, 0.717) is 17.7 Å². The lowest BCUT2D eigenvalue weighted by Crippen LogP contribution is -2.08. The molecular weight excluding hydrogens is 240 g/mol. The maximum absolute atomic E-state index is 5.43. The quantitative estimate of drug-likeness (QED) is 0.912. The number of hydrogen-bond acceptors (Lipinski definition) is 5. The number of aromatic nitrogens is 3. The van der Waals surface area contributed by atoms with Gasteiger partial charge in [0, 0.05) is 12.7 Å². The maximum atomic E-state index is 5.43. The van der Waals surface area contributed by atoms with E-state index in [1.807, 2.05) is 6.07 Å². The van der Waals surface area contributed by atoms with E-state index >= 15 is 0 Å². The molecule has 1 saturated heterocycles. The van der Waals surface area contributed by atoms with Crippen LogP contribution in [0.1, 0.15) is 31.2 Å². The van der Waals surface area contributed by atoms with E-state index in [0.717, 1.165) is 36.7 Å². The average molecular weight is 258 g/mol. The first kappa shape index (κ1) is 12.3. The summed E-state index contributed by atoms with van der Waals surface area (Å²) in [5.41, 5.74) is 1.98. The number of nitrogens with zero attached hydrogens (tertiary/aromatic N) is 3. The molecule has 2 aromatic rings. The minimum Gasteiger partial charge on any atom is -0.339 e. The van der Waals surface area contributed by atoms with E-state index in [2.05, 4.69) is 40.4 Å². The Labute approximate surface area is 112 Å². The van der Waals surface area contributed by atoms with Crippen molar-refractivity contribution in [3.8, 4) is 11.5 Å². The topological polar surface area (TPSA) is 63.8 Å². The Kier molecular flexibility index (Phi) is 3.29. The number of hydrogen-bond donors (Lipinski definition) is 1. The fraction of sp³-hybridized carbons (Fsp3) is 0.500. The second-order valence-corrected chi connectivity index (χ2v) is 5.06. The molecule has 2 aromatic heterocycles. The van der Waals surface area contributed by atoms with Crippen molar-refractivity contribution in [2.45, 2.75) is 26.2 Å². The first-order valence-corrected chi connectivity index (χ1v) is 6.78. The maximum Gasteiger partial charge on any atom is 0.231 e. The smallest absolute Gasteiger partial charge is 0.231 e. The Balaban J connectivity index is 1.92. The molecule has 0 saturated carbocycles. The minimum atomic E-state index is 0.315. The molecular formula is C14H18N4O. The SMILES string of the molecule is CCc1cccnc1-c1noc([C@@H]2CNC[C@H]2C)n1. The lowest BCUT2D eigenvalue weighted by molar-refractivity contribution is 0.340. The molecule has 0 aromatic carbocycles. The van der Waals surface area contributed by atoms with Crippen molar-refractivity contribution in [3.63, 3.8) is 0 Å². The van der Waals surface area contributed by atoms with Crippen molar-refractivity contribution in [3.05, 3.63) is 29.8 Å². The van der Waals surface area contributed by atoms with Crippen LogP contribution in [-0.2, 0) is 6.42 Å². The molecule has 1 aliphatic heterocycles. The van der Waals surface area contributed by atoms with Crippen LogP contribution in [0.4, 0.5) is 0 Å². The molecule has 0 aliphatic carbocycles. The first-order chi connectivity index (χ1) is 9.29. The summed E-state index contributed by atoms with van der Waals surface area (Å²) < 4.78 is 5.43. The lowest BCUT2D eigenvalue weighted by atomic mass is 9.98. The van der Waals surface area contributed by atoms with Crippen molar-refractivity contribution >= 4 is 0 Å². The van der Waals surface area contributed by atoms with E-state index in [4.69, 9.17) is 4.52 Å². The highest BCUT2D eigenvalue weighted by atomic mass is 16.5. The second-order valence-electron chi connectivity index (χ2n) is 5.06. The van der Waals surface area contributed by atoms with Gasteiger partial charge in [-0.1, -0.05) is 25.1 Å². The van der Waals surface area contributed by atoms with E-state index in [9.17, 15) is 0 Å². The normalized spacial score (nSPS) is 22.8. The molecule has 1 N–H and O–H groups in total. The van der Waals surface area contributed by atoms with Gasteiger partial charge in [0.15, 0.2) is 0 Å². The predicted molar refractivity (Wildman–Crippen MR) is 71.7 cm³/mol. The number of pyridine rings is 1. The summed E-state index contributed by atoms with van der Waals surface area (Å²) in [4.78, 5) is 8.92. The van der Waals surface area contributed by atoms with Crippen LogP contribution in [0.3, 0.4) is 0 Å². The zero-order chi connectivity index (χ0) is 13.2. The Bertz CT molecular complexity index is 566. The Morgan fingerprint density at radius 2 is 2.32 bits per heavy atom. The molecule has 0 radical (unpaired) electrons. The van der Waals surface area contributed by atoms with Crippen LogP contribution < -0.4 is 5.32 Å². The molecule has 5 heteroatoms. The molecule has 0 bridgehead atoms.